The van der Waals surface area contributed by atoms with Crippen LogP contribution in [0.2, 0.25) is 0 Å². The molecule has 2 rings (SSSR count). The zero-order chi connectivity index (χ0) is 15.6. The van der Waals surface area contributed by atoms with E-state index >= 15 is 0 Å². The molecule has 0 saturated carbocycles. The van der Waals surface area contributed by atoms with Gasteiger partial charge in [0.25, 0.3) is 5.91 Å². The van der Waals surface area contributed by atoms with Gasteiger partial charge in [0.15, 0.2) is 0 Å². The van der Waals surface area contributed by atoms with E-state index in [1.54, 1.807) is 24.1 Å². The quantitative estimate of drug-likeness (QED) is 0.784. The van der Waals surface area contributed by atoms with Gasteiger partial charge in [0, 0.05) is 17.1 Å². The van der Waals surface area contributed by atoms with Crippen LogP contribution < -0.4 is 0 Å². The normalized spacial score (nSPS) is 12.0. The van der Waals surface area contributed by atoms with Crippen molar-refractivity contribution < 1.29 is 9.18 Å². The fraction of sp³-hybridized carbons (Fsp3) is 0.235. The maximum absolute atomic E-state index is 13.0. The average Bonchev–Trinajstić information content (AvgIpc) is 2.44. The molecular formula is C17H17BrFNO. The van der Waals surface area contributed by atoms with Gasteiger partial charge in [-0.1, -0.05) is 28.1 Å². The standard InChI is InChI=1S/C17H17BrFNO/c1-11-8-14(10-15(18)9-11)17(21)20(3)12(2)13-4-6-16(19)7-5-13/h4-10,12H,1-3H3. The van der Waals surface area contributed by atoms with Gasteiger partial charge in [-0.2, -0.15) is 0 Å². The average molecular weight is 350 g/mol. The van der Waals surface area contributed by atoms with E-state index in [0.717, 1.165) is 15.6 Å². The number of rotatable bonds is 3. The summed E-state index contributed by atoms with van der Waals surface area (Å²) < 4.78 is 13.9. The molecule has 4 heteroatoms. The van der Waals surface area contributed by atoms with Crippen LogP contribution in [0.1, 0.15) is 34.5 Å². The first kappa shape index (κ1) is 15.7. The monoisotopic (exact) mass is 349 g/mol. The highest BCUT2D eigenvalue weighted by molar-refractivity contribution is 9.10. The Labute approximate surface area is 132 Å². The Morgan fingerprint density at radius 1 is 1.19 bits per heavy atom. The zero-order valence-electron chi connectivity index (χ0n) is 12.2. The molecule has 0 aliphatic heterocycles. The zero-order valence-corrected chi connectivity index (χ0v) is 13.8. The van der Waals surface area contributed by atoms with E-state index in [2.05, 4.69) is 15.9 Å². The fourth-order valence-electron chi connectivity index (χ4n) is 2.20. The first-order valence-corrected chi connectivity index (χ1v) is 7.47. The second-order valence-electron chi connectivity index (χ2n) is 5.16. The van der Waals surface area contributed by atoms with Gasteiger partial charge in [0.1, 0.15) is 5.82 Å². The Bertz CT molecular complexity index is 634. The largest absolute Gasteiger partial charge is 0.335 e. The van der Waals surface area contributed by atoms with Crippen molar-refractivity contribution >= 4 is 21.8 Å². The lowest BCUT2D eigenvalue weighted by atomic mass is 10.1. The maximum atomic E-state index is 13.0. The molecule has 2 nitrogen and oxygen atoms in total. The molecule has 0 aliphatic rings. The molecule has 0 saturated heterocycles. The van der Waals surface area contributed by atoms with E-state index in [1.165, 1.54) is 12.1 Å². The molecule has 21 heavy (non-hydrogen) atoms. The molecule has 0 fully saturated rings. The number of aryl methyl sites for hydroxylation is 1. The number of hydrogen-bond donors (Lipinski definition) is 0. The third-order valence-electron chi connectivity index (χ3n) is 3.54. The van der Waals surface area contributed by atoms with Crippen LogP contribution in [0.15, 0.2) is 46.9 Å². The fourth-order valence-corrected chi connectivity index (χ4v) is 2.81. The Morgan fingerprint density at radius 2 is 1.81 bits per heavy atom. The highest BCUT2D eigenvalue weighted by atomic mass is 79.9. The Hall–Kier alpha value is -1.68. The van der Waals surface area contributed by atoms with Crippen molar-refractivity contribution in [3.8, 4) is 0 Å². The third kappa shape index (κ3) is 3.70. The van der Waals surface area contributed by atoms with E-state index in [1.807, 2.05) is 32.0 Å². The number of halogens is 2. The van der Waals surface area contributed by atoms with E-state index < -0.39 is 0 Å². The van der Waals surface area contributed by atoms with Gasteiger partial charge in [-0.3, -0.25) is 4.79 Å². The van der Waals surface area contributed by atoms with Crippen molar-refractivity contribution in [3.63, 3.8) is 0 Å². The lowest BCUT2D eigenvalue weighted by Gasteiger charge is -2.25. The van der Waals surface area contributed by atoms with Crippen LogP contribution in [0.3, 0.4) is 0 Å². The second kappa shape index (κ2) is 6.39. The number of amides is 1. The summed E-state index contributed by atoms with van der Waals surface area (Å²) in [4.78, 5) is 14.2. The molecule has 110 valence electrons. The number of hydrogen-bond acceptors (Lipinski definition) is 1. The molecule has 0 aromatic heterocycles. The molecule has 0 spiro atoms. The van der Waals surface area contributed by atoms with Crippen molar-refractivity contribution in [3.05, 3.63) is 69.4 Å². The van der Waals surface area contributed by atoms with Gasteiger partial charge < -0.3 is 4.90 Å². The van der Waals surface area contributed by atoms with Crippen LogP contribution >= 0.6 is 15.9 Å². The Kier molecular flexibility index (Phi) is 4.78. The molecule has 0 radical (unpaired) electrons. The number of nitrogens with zero attached hydrogens (tertiary/aromatic N) is 1. The predicted molar refractivity (Wildman–Crippen MR) is 85.8 cm³/mol. The second-order valence-corrected chi connectivity index (χ2v) is 6.08. The van der Waals surface area contributed by atoms with E-state index in [-0.39, 0.29) is 17.8 Å². The van der Waals surface area contributed by atoms with Gasteiger partial charge in [-0.05, 0) is 55.3 Å². The summed E-state index contributed by atoms with van der Waals surface area (Å²) in [5.41, 5.74) is 2.56. The first-order valence-electron chi connectivity index (χ1n) is 6.68. The molecule has 1 atom stereocenters. The molecule has 0 bridgehead atoms. The summed E-state index contributed by atoms with van der Waals surface area (Å²) in [5, 5.41) is 0. The van der Waals surface area contributed by atoms with Crippen LogP contribution in [-0.2, 0) is 0 Å². The minimum absolute atomic E-state index is 0.0591. The van der Waals surface area contributed by atoms with Gasteiger partial charge in [0.2, 0.25) is 0 Å². The third-order valence-corrected chi connectivity index (χ3v) is 4.00. The molecule has 2 aromatic carbocycles. The summed E-state index contributed by atoms with van der Waals surface area (Å²) in [6, 6.07) is 11.7. The first-order chi connectivity index (χ1) is 9.88. The maximum Gasteiger partial charge on any atom is 0.254 e. The smallest absolute Gasteiger partial charge is 0.254 e. The minimum Gasteiger partial charge on any atom is -0.335 e. The van der Waals surface area contributed by atoms with Gasteiger partial charge in [0.05, 0.1) is 6.04 Å². The Balaban J connectivity index is 2.23. The number of benzene rings is 2. The number of carbonyl (C=O) groups is 1. The molecule has 2 aromatic rings. The van der Waals surface area contributed by atoms with E-state index in [4.69, 9.17) is 0 Å². The summed E-state index contributed by atoms with van der Waals surface area (Å²) >= 11 is 3.41. The van der Waals surface area contributed by atoms with Crippen LogP contribution in [0.5, 0.6) is 0 Å². The van der Waals surface area contributed by atoms with Crippen molar-refractivity contribution in [2.24, 2.45) is 0 Å². The number of carbonyl (C=O) groups excluding carboxylic acids is 1. The highest BCUT2D eigenvalue weighted by Crippen LogP contribution is 2.23. The van der Waals surface area contributed by atoms with Crippen molar-refractivity contribution in [1.82, 2.24) is 4.90 Å². The van der Waals surface area contributed by atoms with E-state index in [0.29, 0.717) is 5.56 Å². The van der Waals surface area contributed by atoms with Gasteiger partial charge >= 0.3 is 0 Å². The summed E-state index contributed by atoms with van der Waals surface area (Å²) in [7, 11) is 1.76. The predicted octanol–water partition coefficient (Wildman–Crippen LogP) is 4.73. The van der Waals surface area contributed by atoms with Crippen molar-refractivity contribution in [2.75, 3.05) is 7.05 Å². The molecule has 1 unspecified atom stereocenters. The molecule has 0 N–H and O–H groups in total. The summed E-state index contributed by atoms with van der Waals surface area (Å²) in [5.74, 6) is -0.334. The van der Waals surface area contributed by atoms with Crippen LogP contribution in [-0.4, -0.2) is 17.9 Å². The van der Waals surface area contributed by atoms with E-state index in [9.17, 15) is 9.18 Å². The van der Waals surface area contributed by atoms with Crippen molar-refractivity contribution in [2.45, 2.75) is 19.9 Å². The van der Waals surface area contributed by atoms with Crippen LogP contribution in [0, 0.1) is 12.7 Å². The van der Waals surface area contributed by atoms with Gasteiger partial charge in [-0.25, -0.2) is 4.39 Å². The Morgan fingerprint density at radius 3 is 2.38 bits per heavy atom. The lowest BCUT2D eigenvalue weighted by molar-refractivity contribution is 0.0742. The topological polar surface area (TPSA) is 20.3 Å². The van der Waals surface area contributed by atoms with Crippen LogP contribution in [0.25, 0.3) is 0 Å². The van der Waals surface area contributed by atoms with Gasteiger partial charge in [-0.15, -0.1) is 0 Å². The SMILES string of the molecule is Cc1cc(Br)cc(C(=O)N(C)C(C)c2ccc(F)cc2)c1. The molecule has 0 heterocycles. The minimum atomic E-state index is -0.275. The lowest BCUT2D eigenvalue weighted by Crippen LogP contribution is -2.29. The highest BCUT2D eigenvalue weighted by Gasteiger charge is 2.19. The molecule has 0 aliphatic carbocycles. The summed E-state index contributed by atoms with van der Waals surface area (Å²) in [6.45, 7) is 3.88. The van der Waals surface area contributed by atoms with Crippen LogP contribution in [0.4, 0.5) is 4.39 Å². The van der Waals surface area contributed by atoms with Crippen molar-refractivity contribution in [1.29, 1.82) is 0 Å². The molecule has 1 amide bonds. The molecular weight excluding hydrogens is 333 g/mol. The summed E-state index contributed by atoms with van der Waals surface area (Å²) in [6.07, 6.45) is 0.